The minimum absolute atomic E-state index is 0.0844. The van der Waals surface area contributed by atoms with Gasteiger partial charge >= 0.3 is 0 Å². The molecule has 3 amide bonds. The van der Waals surface area contributed by atoms with Crippen LogP contribution in [-0.2, 0) is 9.59 Å². The van der Waals surface area contributed by atoms with Crippen LogP contribution in [0.5, 0.6) is 5.75 Å². The molecular formula is C26H29F2N5O4. The lowest BCUT2D eigenvalue weighted by Crippen LogP contribution is -2.68. The normalized spacial score (nSPS) is 27.3. The topological polar surface area (TPSA) is 127 Å². The van der Waals surface area contributed by atoms with E-state index in [4.69, 9.17) is 4.74 Å². The average Bonchev–Trinajstić information content (AvgIpc) is 3.33. The molecule has 0 spiro atoms. The van der Waals surface area contributed by atoms with Crippen LogP contribution in [0.4, 0.5) is 8.78 Å². The highest BCUT2D eigenvalue weighted by Crippen LogP contribution is 2.49. The second-order valence-electron chi connectivity index (χ2n) is 10.1. The lowest BCUT2D eigenvalue weighted by Gasteiger charge is -2.53. The molecule has 1 saturated carbocycles. The van der Waals surface area contributed by atoms with Crippen molar-refractivity contribution < 1.29 is 27.9 Å². The number of aromatic nitrogens is 1. The zero-order valence-electron chi connectivity index (χ0n) is 20.4. The number of carbonyl (C=O) groups excluding carboxylic acids is 3. The zero-order valence-corrected chi connectivity index (χ0v) is 20.4. The molecule has 3 aliphatic heterocycles. The molecule has 0 radical (unpaired) electrons. The van der Waals surface area contributed by atoms with E-state index in [0.717, 1.165) is 6.42 Å². The summed E-state index contributed by atoms with van der Waals surface area (Å²) in [5.41, 5.74) is 0.815. The molecule has 5 atom stereocenters. The van der Waals surface area contributed by atoms with Gasteiger partial charge in [-0.05, 0) is 50.3 Å². The van der Waals surface area contributed by atoms with E-state index in [1.807, 2.05) is 6.07 Å². The van der Waals surface area contributed by atoms with E-state index in [-0.39, 0.29) is 24.4 Å². The van der Waals surface area contributed by atoms with E-state index in [9.17, 15) is 28.4 Å². The maximum atomic E-state index is 15.0. The van der Waals surface area contributed by atoms with Gasteiger partial charge in [0.15, 0.2) is 0 Å². The van der Waals surface area contributed by atoms with Crippen LogP contribution >= 0.6 is 0 Å². The number of benzene rings is 1. The third-order valence-electron chi connectivity index (χ3n) is 7.90. The van der Waals surface area contributed by atoms with Gasteiger partial charge in [-0.25, -0.2) is 8.78 Å². The summed E-state index contributed by atoms with van der Waals surface area (Å²) in [6.07, 6.45) is 1.38. The summed E-state index contributed by atoms with van der Waals surface area (Å²) in [5, 5.41) is 15.6. The van der Waals surface area contributed by atoms with E-state index in [1.165, 1.54) is 12.0 Å². The molecule has 3 N–H and O–H groups in total. The first-order valence-corrected chi connectivity index (χ1v) is 12.6. The van der Waals surface area contributed by atoms with E-state index in [0.29, 0.717) is 36.0 Å². The Morgan fingerprint density at radius 3 is 2.84 bits per heavy atom. The number of amides is 3. The highest BCUT2D eigenvalue weighted by molar-refractivity contribution is 6.02. The standard InChI is InChI=1S/C26H29F2N5O4/c1-37-21-6-2-5-19-17(21)11-20(32-19)25(36)33-16-7-8-18(26(27,28)12-16)22(33)24(35)31-15(13-29)10-14-4-3-9-30-23(14)34/h2,5-6,11,14-16,18,22,32H,3-4,7-10,12H2,1H3,(H,30,34)(H,31,35)/t14-,15+,16-,18-,22+/m1/s1. The quantitative estimate of drug-likeness (QED) is 0.547. The number of aromatic amines is 1. The van der Waals surface area contributed by atoms with Crippen molar-refractivity contribution in [2.45, 2.75) is 62.6 Å². The number of hydrogen-bond acceptors (Lipinski definition) is 5. The monoisotopic (exact) mass is 513 g/mol. The number of nitrogens with one attached hydrogen (secondary N) is 3. The number of ether oxygens (including phenoxy) is 1. The van der Waals surface area contributed by atoms with Crippen LogP contribution in [-0.4, -0.2) is 65.3 Å². The number of nitrogens with zero attached hydrogens (tertiary/aromatic N) is 2. The SMILES string of the molecule is COc1cccc2[nH]c(C(=O)N3[C@@H]4CC[C@H]([C@H]3C(=O)N[C@H](C#N)C[C@H]3CCCNC3=O)C(F)(F)C4)cc12. The van der Waals surface area contributed by atoms with Gasteiger partial charge < -0.3 is 25.3 Å². The van der Waals surface area contributed by atoms with Crippen molar-refractivity contribution in [2.24, 2.45) is 11.8 Å². The molecule has 6 rings (SSSR count). The fourth-order valence-electron chi connectivity index (χ4n) is 6.10. The van der Waals surface area contributed by atoms with E-state index in [1.54, 1.807) is 24.3 Å². The number of rotatable bonds is 6. The summed E-state index contributed by atoms with van der Waals surface area (Å²) in [6.45, 7) is 0.565. The predicted octanol–water partition coefficient (Wildman–Crippen LogP) is 2.73. The molecule has 0 unspecified atom stereocenters. The number of carbonyl (C=O) groups is 3. The van der Waals surface area contributed by atoms with Crippen molar-refractivity contribution in [3.8, 4) is 11.8 Å². The summed E-state index contributed by atoms with van der Waals surface area (Å²) in [4.78, 5) is 43.6. The van der Waals surface area contributed by atoms with Crippen molar-refractivity contribution in [1.29, 1.82) is 5.26 Å². The van der Waals surface area contributed by atoms with Gasteiger partial charge in [-0.2, -0.15) is 5.26 Å². The summed E-state index contributed by atoms with van der Waals surface area (Å²) < 4.78 is 35.4. The van der Waals surface area contributed by atoms with Crippen LogP contribution in [0.3, 0.4) is 0 Å². The molecule has 1 aromatic heterocycles. The first-order valence-electron chi connectivity index (χ1n) is 12.6. The largest absolute Gasteiger partial charge is 0.496 e. The number of nitriles is 1. The molecule has 196 valence electrons. The maximum Gasteiger partial charge on any atom is 0.271 e. The highest BCUT2D eigenvalue weighted by Gasteiger charge is 2.60. The molecule has 2 bridgehead atoms. The Morgan fingerprint density at radius 2 is 2.14 bits per heavy atom. The number of piperidine rings is 3. The Balaban J connectivity index is 1.42. The van der Waals surface area contributed by atoms with E-state index < -0.39 is 54.1 Å². The first kappa shape index (κ1) is 25.0. The van der Waals surface area contributed by atoms with Gasteiger partial charge in [-0.15, -0.1) is 0 Å². The van der Waals surface area contributed by atoms with Crippen LogP contribution in [0, 0.1) is 23.2 Å². The molecule has 11 heteroatoms. The van der Waals surface area contributed by atoms with Gasteiger partial charge in [0.25, 0.3) is 11.8 Å². The average molecular weight is 514 g/mol. The van der Waals surface area contributed by atoms with Gasteiger partial charge in [-0.1, -0.05) is 6.07 Å². The van der Waals surface area contributed by atoms with Gasteiger partial charge in [0.2, 0.25) is 11.8 Å². The van der Waals surface area contributed by atoms with Crippen LogP contribution in [0.25, 0.3) is 10.9 Å². The van der Waals surface area contributed by atoms with Crippen molar-refractivity contribution in [3.05, 3.63) is 30.0 Å². The fourth-order valence-corrected chi connectivity index (χ4v) is 6.10. The van der Waals surface area contributed by atoms with Crippen molar-refractivity contribution >= 4 is 28.6 Å². The third kappa shape index (κ3) is 4.49. The molecule has 4 fully saturated rings. The summed E-state index contributed by atoms with van der Waals surface area (Å²) in [5.74, 6) is -5.90. The molecular weight excluding hydrogens is 484 g/mol. The van der Waals surface area contributed by atoms with Gasteiger partial charge in [0.1, 0.15) is 23.5 Å². The Hall–Kier alpha value is -3.68. The van der Waals surface area contributed by atoms with Crippen molar-refractivity contribution in [3.63, 3.8) is 0 Å². The Bertz CT molecular complexity index is 1270. The fraction of sp³-hybridized carbons (Fsp3) is 0.538. The second kappa shape index (κ2) is 9.65. The minimum atomic E-state index is -3.11. The number of H-pyrrole nitrogens is 1. The van der Waals surface area contributed by atoms with E-state index >= 15 is 0 Å². The Kier molecular flexibility index (Phi) is 6.52. The first-order chi connectivity index (χ1) is 17.7. The van der Waals surface area contributed by atoms with Crippen LogP contribution < -0.4 is 15.4 Å². The Labute approximate surface area is 212 Å². The molecule has 4 heterocycles. The molecule has 2 aromatic rings. The minimum Gasteiger partial charge on any atom is -0.496 e. The second-order valence-corrected chi connectivity index (χ2v) is 10.1. The molecule has 4 aliphatic rings. The van der Waals surface area contributed by atoms with Gasteiger partial charge in [0, 0.05) is 35.8 Å². The lowest BCUT2D eigenvalue weighted by atomic mass is 9.71. The summed E-state index contributed by atoms with van der Waals surface area (Å²) in [6, 6.07) is 5.59. The lowest BCUT2D eigenvalue weighted by molar-refractivity contribution is -0.179. The number of methoxy groups -OCH3 is 1. The summed E-state index contributed by atoms with van der Waals surface area (Å²) in [7, 11) is 1.51. The molecule has 3 saturated heterocycles. The van der Waals surface area contributed by atoms with E-state index in [2.05, 4.69) is 15.6 Å². The molecule has 1 aliphatic carbocycles. The molecule has 9 nitrogen and oxygen atoms in total. The number of fused-ring (bicyclic) bond motifs is 4. The Morgan fingerprint density at radius 1 is 1.32 bits per heavy atom. The number of hydrogen-bond donors (Lipinski definition) is 3. The van der Waals surface area contributed by atoms with Crippen molar-refractivity contribution in [2.75, 3.05) is 13.7 Å². The van der Waals surface area contributed by atoms with Gasteiger partial charge in [0.05, 0.1) is 19.1 Å². The van der Waals surface area contributed by atoms with Crippen LogP contribution in [0.2, 0.25) is 0 Å². The molecule has 37 heavy (non-hydrogen) atoms. The smallest absolute Gasteiger partial charge is 0.271 e. The van der Waals surface area contributed by atoms with Crippen molar-refractivity contribution in [1.82, 2.24) is 20.5 Å². The third-order valence-corrected chi connectivity index (χ3v) is 7.90. The van der Waals surface area contributed by atoms with Gasteiger partial charge in [-0.3, -0.25) is 14.4 Å². The zero-order chi connectivity index (χ0) is 26.3. The number of halogens is 2. The predicted molar refractivity (Wildman–Crippen MR) is 129 cm³/mol. The molecule has 1 aromatic carbocycles. The number of alkyl halides is 2. The van der Waals surface area contributed by atoms with Crippen LogP contribution in [0.1, 0.15) is 49.0 Å². The highest BCUT2D eigenvalue weighted by atomic mass is 19.3. The summed E-state index contributed by atoms with van der Waals surface area (Å²) >= 11 is 0. The maximum absolute atomic E-state index is 15.0. The van der Waals surface area contributed by atoms with Crippen LogP contribution in [0.15, 0.2) is 24.3 Å².